The van der Waals surface area contributed by atoms with Gasteiger partial charge in [-0.2, -0.15) is 11.8 Å². The predicted molar refractivity (Wildman–Crippen MR) is 77.9 cm³/mol. The minimum atomic E-state index is -1.14. The van der Waals surface area contributed by atoms with E-state index in [0.717, 1.165) is 0 Å². The van der Waals surface area contributed by atoms with Gasteiger partial charge in [0.25, 0.3) is 0 Å². The molecule has 0 saturated carbocycles. The Balaban J connectivity index is 2.46. The van der Waals surface area contributed by atoms with Crippen LogP contribution in [0.5, 0.6) is 0 Å². The molecule has 1 rings (SSSR count). The van der Waals surface area contributed by atoms with Gasteiger partial charge in [0, 0.05) is 24.3 Å². The van der Waals surface area contributed by atoms with E-state index in [-0.39, 0.29) is 36.7 Å². The molecule has 118 valence electrons. The standard InChI is InChI=1S/C13H20N2O5S/c1-7(16)11-6-21-5-8(12(18)15-11)4-9(17)2-3-10(14)13(19)20/h8,10-11H,2-6,14H2,1H3,(H,15,18)(H,19,20)/t8?,10-,11?/m0/s1. The summed E-state index contributed by atoms with van der Waals surface area (Å²) < 4.78 is 0. The fourth-order valence-corrected chi connectivity index (χ4v) is 3.17. The number of carboxylic acids is 1. The Labute approximate surface area is 127 Å². The van der Waals surface area contributed by atoms with Crippen LogP contribution in [0.25, 0.3) is 0 Å². The SMILES string of the molecule is CC(=O)C1CSCC(CC(=O)CC[C@H](N)C(=O)O)C(=O)N1. The molecular weight excluding hydrogens is 296 g/mol. The predicted octanol–water partition coefficient (Wildman–Crippen LogP) is -0.425. The van der Waals surface area contributed by atoms with Crippen molar-refractivity contribution in [2.75, 3.05) is 11.5 Å². The van der Waals surface area contributed by atoms with Gasteiger partial charge in [0.05, 0.1) is 12.0 Å². The first-order valence-corrected chi connectivity index (χ1v) is 7.85. The zero-order valence-electron chi connectivity index (χ0n) is 11.8. The maximum Gasteiger partial charge on any atom is 0.320 e. The second-order valence-electron chi connectivity index (χ2n) is 5.13. The summed E-state index contributed by atoms with van der Waals surface area (Å²) in [4.78, 5) is 45.6. The van der Waals surface area contributed by atoms with Crippen molar-refractivity contribution in [3.63, 3.8) is 0 Å². The van der Waals surface area contributed by atoms with Crippen LogP contribution < -0.4 is 11.1 Å². The summed E-state index contributed by atoms with van der Waals surface area (Å²) in [6.07, 6.45) is 0.152. The minimum Gasteiger partial charge on any atom is -0.480 e. The highest BCUT2D eigenvalue weighted by Gasteiger charge is 2.29. The van der Waals surface area contributed by atoms with Gasteiger partial charge in [-0.15, -0.1) is 0 Å². The third-order valence-electron chi connectivity index (χ3n) is 3.31. The van der Waals surface area contributed by atoms with Crippen molar-refractivity contribution in [3.8, 4) is 0 Å². The zero-order chi connectivity index (χ0) is 16.0. The number of nitrogens with one attached hydrogen (secondary N) is 1. The summed E-state index contributed by atoms with van der Waals surface area (Å²) in [7, 11) is 0. The molecule has 0 aliphatic carbocycles. The number of hydrogen-bond acceptors (Lipinski definition) is 6. The van der Waals surface area contributed by atoms with Crippen molar-refractivity contribution >= 4 is 35.2 Å². The number of carbonyl (C=O) groups is 4. The smallest absolute Gasteiger partial charge is 0.320 e. The highest BCUT2D eigenvalue weighted by atomic mass is 32.2. The van der Waals surface area contributed by atoms with Gasteiger partial charge in [-0.05, 0) is 13.3 Å². The topological polar surface area (TPSA) is 127 Å². The largest absolute Gasteiger partial charge is 0.480 e. The summed E-state index contributed by atoms with van der Waals surface area (Å²) in [5, 5.41) is 11.3. The van der Waals surface area contributed by atoms with Gasteiger partial charge in [-0.1, -0.05) is 0 Å². The number of nitrogens with two attached hydrogens (primary N) is 1. The lowest BCUT2D eigenvalue weighted by atomic mass is 9.99. The molecule has 8 heteroatoms. The quantitative estimate of drug-likeness (QED) is 0.582. The normalized spacial score (nSPS) is 23.8. The molecule has 2 unspecified atom stereocenters. The van der Waals surface area contributed by atoms with Crippen LogP contribution in [0.15, 0.2) is 0 Å². The molecule has 0 spiro atoms. The Morgan fingerprint density at radius 3 is 2.67 bits per heavy atom. The van der Waals surface area contributed by atoms with Gasteiger partial charge < -0.3 is 16.2 Å². The Bertz CT molecular complexity index is 440. The number of carboxylic acid groups (broad SMARTS) is 1. The Morgan fingerprint density at radius 1 is 1.43 bits per heavy atom. The van der Waals surface area contributed by atoms with Gasteiger partial charge in [-0.3, -0.25) is 19.2 Å². The van der Waals surface area contributed by atoms with E-state index >= 15 is 0 Å². The lowest BCUT2D eigenvalue weighted by Gasteiger charge is -2.14. The van der Waals surface area contributed by atoms with Crippen molar-refractivity contribution in [1.29, 1.82) is 0 Å². The molecular formula is C13H20N2O5S. The van der Waals surface area contributed by atoms with Crippen LogP contribution in [0.1, 0.15) is 26.2 Å². The molecule has 1 heterocycles. The van der Waals surface area contributed by atoms with E-state index in [1.807, 2.05) is 0 Å². The molecule has 21 heavy (non-hydrogen) atoms. The van der Waals surface area contributed by atoms with Crippen LogP contribution in [-0.4, -0.2) is 52.1 Å². The fraction of sp³-hybridized carbons (Fsp3) is 0.692. The van der Waals surface area contributed by atoms with Crippen LogP contribution in [0, 0.1) is 5.92 Å². The van der Waals surface area contributed by atoms with Gasteiger partial charge in [-0.25, -0.2) is 0 Å². The van der Waals surface area contributed by atoms with E-state index in [4.69, 9.17) is 10.8 Å². The number of Topliss-reactive ketones (excluding diaryl/α,β-unsaturated/α-hetero) is 2. The maximum atomic E-state index is 12.0. The van der Waals surface area contributed by atoms with Crippen LogP contribution >= 0.6 is 11.8 Å². The van der Waals surface area contributed by atoms with Gasteiger partial charge in [0.2, 0.25) is 5.91 Å². The molecule has 1 fully saturated rings. The number of ketones is 2. The van der Waals surface area contributed by atoms with Crippen molar-refractivity contribution in [1.82, 2.24) is 5.32 Å². The summed E-state index contributed by atoms with van der Waals surface area (Å²) in [5.41, 5.74) is 5.33. The molecule has 1 aliphatic rings. The van der Waals surface area contributed by atoms with E-state index < -0.39 is 24.0 Å². The monoisotopic (exact) mass is 316 g/mol. The molecule has 7 nitrogen and oxygen atoms in total. The number of hydrogen-bond donors (Lipinski definition) is 3. The van der Waals surface area contributed by atoms with Crippen LogP contribution in [0.2, 0.25) is 0 Å². The second-order valence-corrected chi connectivity index (χ2v) is 6.21. The molecule has 0 radical (unpaired) electrons. The van der Waals surface area contributed by atoms with Crippen LogP contribution in [0.3, 0.4) is 0 Å². The second kappa shape index (κ2) is 8.14. The highest BCUT2D eigenvalue weighted by molar-refractivity contribution is 7.99. The van der Waals surface area contributed by atoms with Crippen LogP contribution in [0.4, 0.5) is 0 Å². The van der Waals surface area contributed by atoms with Crippen molar-refractivity contribution in [2.45, 2.75) is 38.3 Å². The van der Waals surface area contributed by atoms with E-state index in [2.05, 4.69) is 5.32 Å². The third kappa shape index (κ3) is 5.84. The van der Waals surface area contributed by atoms with E-state index in [1.54, 1.807) is 0 Å². The molecule has 0 aromatic heterocycles. The average molecular weight is 316 g/mol. The Kier molecular flexibility index (Phi) is 6.83. The lowest BCUT2D eigenvalue weighted by Crippen LogP contribution is -2.42. The van der Waals surface area contributed by atoms with Crippen molar-refractivity contribution in [3.05, 3.63) is 0 Å². The third-order valence-corrected chi connectivity index (χ3v) is 4.51. The number of carbonyl (C=O) groups excluding carboxylic acids is 3. The minimum absolute atomic E-state index is 0.0397. The highest BCUT2D eigenvalue weighted by Crippen LogP contribution is 2.19. The summed E-state index contributed by atoms with van der Waals surface area (Å²) in [5.74, 6) is -1.22. The first kappa shape index (κ1) is 17.6. The first-order valence-electron chi connectivity index (χ1n) is 6.70. The molecule has 0 aromatic rings. The Hall–Kier alpha value is -1.41. The molecule has 1 amide bonds. The number of rotatable bonds is 7. The summed E-state index contributed by atoms with van der Waals surface area (Å²) >= 11 is 1.46. The molecule has 4 N–H and O–H groups in total. The van der Waals surface area contributed by atoms with E-state index in [0.29, 0.717) is 11.5 Å². The van der Waals surface area contributed by atoms with Gasteiger partial charge in [0.15, 0.2) is 5.78 Å². The van der Waals surface area contributed by atoms with E-state index in [1.165, 1.54) is 18.7 Å². The molecule has 0 aromatic carbocycles. The van der Waals surface area contributed by atoms with E-state index in [9.17, 15) is 19.2 Å². The molecule has 1 aliphatic heterocycles. The number of amides is 1. The molecule has 1 saturated heterocycles. The molecule has 0 bridgehead atoms. The summed E-state index contributed by atoms with van der Waals surface area (Å²) in [6.45, 7) is 1.42. The number of thioether (sulfide) groups is 1. The van der Waals surface area contributed by atoms with Gasteiger partial charge >= 0.3 is 5.97 Å². The average Bonchev–Trinajstić information content (AvgIpc) is 2.58. The van der Waals surface area contributed by atoms with Crippen molar-refractivity contribution < 1.29 is 24.3 Å². The first-order chi connectivity index (χ1) is 9.81. The zero-order valence-corrected chi connectivity index (χ0v) is 12.6. The lowest BCUT2D eigenvalue weighted by molar-refractivity contribution is -0.138. The van der Waals surface area contributed by atoms with Crippen LogP contribution in [-0.2, 0) is 19.2 Å². The Morgan fingerprint density at radius 2 is 2.10 bits per heavy atom. The van der Waals surface area contributed by atoms with Gasteiger partial charge in [0.1, 0.15) is 11.8 Å². The maximum absolute atomic E-state index is 12.0. The molecule has 3 atom stereocenters. The summed E-state index contributed by atoms with van der Waals surface area (Å²) in [6, 6.07) is -1.56. The van der Waals surface area contributed by atoms with Crippen molar-refractivity contribution in [2.24, 2.45) is 11.7 Å². The fourth-order valence-electron chi connectivity index (χ4n) is 1.92. The number of aliphatic carboxylic acids is 1.